The van der Waals surface area contributed by atoms with E-state index >= 15 is 0 Å². The Kier molecular flexibility index (Phi) is 4.70. The van der Waals surface area contributed by atoms with Crippen LogP contribution in [0.1, 0.15) is 43.0 Å². The molecule has 1 aromatic carbocycles. The van der Waals surface area contributed by atoms with Crippen molar-refractivity contribution in [1.29, 1.82) is 0 Å². The van der Waals surface area contributed by atoms with E-state index in [0.29, 0.717) is 16.6 Å². The highest BCUT2D eigenvalue weighted by Gasteiger charge is 2.25. The molecule has 2 unspecified atom stereocenters. The van der Waals surface area contributed by atoms with Gasteiger partial charge in [0.05, 0.1) is 17.7 Å². The first-order valence-corrected chi connectivity index (χ1v) is 7.18. The molecule has 2 atom stereocenters. The summed E-state index contributed by atoms with van der Waals surface area (Å²) < 4.78 is 4.73. The first-order chi connectivity index (χ1) is 9.15. The van der Waals surface area contributed by atoms with Gasteiger partial charge in [0, 0.05) is 11.7 Å². The molecular weight excluding hydrogens is 262 g/mol. The smallest absolute Gasteiger partial charge is 0.339 e. The summed E-state index contributed by atoms with van der Waals surface area (Å²) >= 11 is 6.01. The zero-order chi connectivity index (χ0) is 13.8. The Balaban J connectivity index is 2.15. The second kappa shape index (κ2) is 6.29. The van der Waals surface area contributed by atoms with Gasteiger partial charge in [-0.3, -0.25) is 0 Å². The maximum absolute atomic E-state index is 11.6. The van der Waals surface area contributed by atoms with Gasteiger partial charge in [-0.25, -0.2) is 4.79 Å². The Morgan fingerprint density at radius 1 is 1.47 bits per heavy atom. The minimum absolute atomic E-state index is 0.396. The third-order valence-corrected chi connectivity index (χ3v) is 4.24. The molecule has 1 aliphatic rings. The van der Waals surface area contributed by atoms with Gasteiger partial charge in [-0.05, 0) is 37.0 Å². The second-order valence-corrected chi connectivity index (χ2v) is 5.44. The van der Waals surface area contributed by atoms with Crippen molar-refractivity contribution in [1.82, 2.24) is 0 Å². The van der Waals surface area contributed by atoms with Crippen molar-refractivity contribution in [3.8, 4) is 0 Å². The summed E-state index contributed by atoms with van der Waals surface area (Å²) in [7, 11) is 1.36. The molecule has 104 valence electrons. The van der Waals surface area contributed by atoms with Crippen molar-refractivity contribution in [2.75, 3.05) is 12.4 Å². The molecule has 4 heteroatoms. The van der Waals surface area contributed by atoms with Crippen LogP contribution in [0.2, 0.25) is 5.02 Å². The quantitative estimate of drug-likeness (QED) is 0.844. The van der Waals surface area contributed by atoms with E-state index in [9.17, 15) is 4.79 Å². The molecule has 19 heavy (non-hydrogen) atoms. The predicted molar refractivity (Wildman–Crippen MR) is 77.8 cm³/mol. The highest BCUT2D eigenvalue weighted by atomic mass is 35.5. The van der Waals surface area contributed by atoms with Crippen molar-refractivity contribution in [2.45, 2.75) is 38.6 Å². The highest BCUT2D eigenvalue weighted by Crippen LogP contribution is 2.31. The largest absolute Gasteiger partial charge is 0.465 e. The third-order valence-electron chi connectivity index (χ3n) is 3.91. The van der Waals surface area contributed by atoms with Gasteiger partial charge in [0.25, 0.3) is 0 Å². The van der Waals surface area contributed by atoms with Gasteiger partial charge in [-0.15, -0.1) is 0 Å². The van der Waals surface area contributed by atoms with Crippen LogP contribution in [0.25, 0.3) is 0 Å². The standard InChI is InChI=1S/C15H20ClNO2/c1-3-10-5-4-6-14(10)17-11-7-8-13(16)12(9-11)15(18)19-2/h7-10,14,17H,3-6H2,1-2H3. The summed E-state index contributed by atoms with van der Waals surface area (Å²) in [5, 5.41) is 3.95. The first-order valence-electron chi connectivity index (χ1n) is 6.80. The predicted octanol–water partition coefficient (Wildman–Crippen LogP) is 4.12. The number of nitrogens with one attached hydrogen (secondary N) is 1. The lowest BCUT2D eigenvalue weighted by Crippen LogP contribution is -2.23. The lowest BCUT2D eigenvalue weighted by molar-refractivity contribution is 0.0601. The molecule has 0 saturated heterocycles. The maximum Gasteiger partial charge on any atom is 0.339 e. The van der Waals surface area contributed by atoms with Crippen LogP contribution in [0, 0.1) is 5.92 Å². The van der Waals surface area contributed by atoms with Crippen LogP contribution in [-0.2, 0) is 4.74 Å². The van der Waals surface area contributed by atoms with E-state index < -0.39 is 5.97 Å². The van der Waals surface area contributed by atoms with Gasteiger partial charge in [0.15, 0.2) is 0 Å². The average Bonchev–Trinajstić information content (AvgIpc) is 2.87. The number of hydrogen-bond donors (Lipinski definition) is 1. The van der Waals surface area contributed by atoms with Crippen LogP contribution in [0.3, 0.4) is 0 Å². The van der Waals surface area contributed by atoms with Gasteiger partial charge >= 0.3 is 5.97 Å². The molecule has 0 aliphatic heterocycles. The van der Waals surface area contributed by atoms with Crippen molar-refractivity contribution in [2.24, 2.45) is 5.92 Å². The summed E-state index contributed by atoms with van der Waals surface area (Å²) in [6.07, 6.45) is 4.93. The lowest BCUT2D eigenvalue weighted by Gasteiger charge is -2.21. The molecule has 0 bridgehead atoms. The average molecular weight is 282 g/mol. The van der Waals surface area contributed by atoms with Crippen molar-refractivity contribution < 1.29 is 9.53 Å². The topological polar surface area (TPSA) is 38.3 Å². The number of esters is 1. The monoisotopic (exact) mass is 281 g/mol. The lowest BCUT2D eigenvalue weighted by atomic mass is 10.0. The molecule has 0 radical (unpaired) electrons. The number of carbonyl (C=O) groups is 1. The molecule has 0 aromatic heterocycles. The zero-order valence-corrected chi connectivity index (χ0v) is 12.2. The molecular formula is C15H20ClNO2. The summed E-state index contributed by atoms with van der Waals surface area (Å²) in [5.74, 6) is 0.323. The van der Waals surface area contributed by atoms with E-state index in [-0.39, 0.29) is 0 Å². The van der Waals surface area contributed by atoms with Crippen molar-refractivity contribution in [3.05, 3.63) is 28.8 Å². The molecule has 3 nitrogen and oxygen atoms in total. The van der Waals surface area contributed by atoms with E-state index in [1.807, 2.05) is 6.07 Å². The van der Waals surface area contributed by atoms with Crippen LogP contribution in [0.4, 0.5) is 5.69 Å². The van der Waals surface area contributed by atoms with Gasteiger partial charge < -0.3 is 10.1 Å². The summed E-state index contributed by atoms with van der Waals surface area (Å²) in [6.45, 7) is 2.23. The molecule has 1 aromatic rings. The van der Waals surface area contributed by atoms with Crippen molar-refractivity contribution in [3.63, 3.8) is 0 Å². The molecule has 0 spiro atoms. The van der Waals surface area contributed by atoms with Crippen LogP contribution in [0.15, 0.2) is 18.2 Å². The second-order valence-electron chi connectivity index (χ2n) is 5.04. The van der Waals surface area contributed by atoms with Crippen LogP contribution >= 0.6 is 11.6 Å². The van der Waals surface area contributed by atoms with Crippen LogP contribution in [0.5, 0.6) is 0 Å². The fraction of sp³-hybridized carbons (Fsp3) is 0.533. The zero-order valence-electron chi connectivity index (χ0n) is 11.4. The molecule has 0 heterocycles. The molecule has 1 aliphatic carbocycles. The number of benzene rings is 1. The summed E-state index contributed by atoms with van der Waals surface area (Å²) in [5.41, 5.74) is 1.36. The van der Waals surface area contributed by atoms with Gasteiger partial charge in [-0.2, -0.15) is 0 Å². The highest BCUT2D eigenvalue weighted by molar-refractivity contribution is 6.33. The Morgan fingerprint density at radius 2 is 2.26 bits per heavy atom. The van der Waals surface area contributed by atoms with Gasteiger partial charge in [0.2, 0.25) is 0 Å². The maximum atomic E-state index is 11.6. The van der Waals surface area contributed by atoms with Gasteiger partial charge in [0.1, 0.15) is 0 Å². The number of rotatable bonds is 4. The Morgan fingerprint density at radius 3 is 2.95 bits per heavy atom. The summed E-state index contributed by atoms with van der Waals surface area (Å²) in [4.78, 5) is 11.6. The Labute approximate surface area is 119 Å². The number of hydrogen-bond acceptors (Lipinski definition) is 3. The molecule has 1 fully saturated rings. The fourth-order valence-corrected chi connectivity index (χ4v) is 3.01. The first kappa shape index (κ1) is 14.2. The van der Waals surface area contributed by atoms with Crippen molar-refractivity contribution >= 4 is 23.3 Å². The van der Waals surface area contributed by atoms with Gasteiger partial charge in [-0.1, -0.05) is 31.4 Å². The number of ether oxygens (including phenoxy) is 1. The van der Waals surface area contributed by atoms with E-state index in [4.69, 9.17) is 16.3 Å². The number of carbonyl (C=O) groups excluding carboxylic acids is 1. The van der Waals surface area contributed by atoms with E-state index in [1.165, 1.54) is 32.8 Å². The minimum atomic E-state index is -0.396. The Bertz CT molecular complexity index is 461. The number of methoxy groups -OCH3 is 1. The fourth-order valence-electron chi connectivity index (χ4n) is 2.81. The molecule has 1 N–H and O–H groups in total. The molecule has 0 amide bonds. The molecule has 1 saturated carbocycles. The van der Waals surface area contributed by atoms with E-state index in [0.717, 1.165) is 11.6 Å². The van der Waals surface area contributed by atoms with E-state index in [1.54, 1.807) is 12.1 Å². The summed E-state index contributed by atoms with van der Waals surface area (Å²) in [6, 6.07) is 5.93. The Hall–Kier alpha value is -1.22. The normalized spacial score (nSPS) is 22.3. The third kappa shape index (κ3) is 3.21. The number of halogens is 1. The minimum Gasteiger partial charge on any atom is -0.465 e. The SMILES string of the molecule is CCC1CCCC1Nc1ccc(Cl)c(C(=O)OC)c1. The van der Waals surface area contributed by atoms with Crippen LogP contribution in [-0.4, -0.2) is 19.1 Å². The van der Waals surface area contributed by atoms with Crippen LogP contribution < -0.4 is 5.32 Å². The molecule has 2 rings (SSSR count). The number of anilines is 1. The van der Waals surface area contributed by atoms with E-state index in [2.05, 4.69) is 12.2 Å².